The van der Waals surface area contributed by atoms with E-state index in [1.807, 2.05) is 26.0 Å². The maximum Gasteiger partial charge on any atom is 0.255 e. The van der Waals surface area contributed by atoms with Gasteiger partial charge in [-0.3, -0.25) is 9.59 Å². The number of aryl methyl sites for hydroxylation is 1. The molecular formula is C21H21ClN4O2. The smallest absolute Gasteiger partial charge is 0.255 e. The number of hydrogen-bond donors (Lipinski definition) is 1. The second-order valence-corrected chi connectivity index (χ2v) is 7.06. The van der Waals surface area contributed by atoms with Gasteiger partial charge in [0.2, 0.25) is 0 Å². The molecule has 3 aromatic rings. The molecule has 0 saturated carbocycles. The van der Waals surface area contributed by atoms with E-state index < -0.39 is 0 Å². The molecule has 1 N–H and O–H groups in total. The Morgan fingerprint density at radius 1 is 1.04 bits per heavy atom. The van der Waals surface area contributed by atoms with Crippen LogP contribution < -0.4 is 5.32 Å². The zero-order chi connectivity index (χ0) is 20.4. The summed E-state index contributed by atoms with van der Waals surface area (Å²) in [5.74, 6) is -0.378. The molecule has 0 aliphatic heterocycles. The van der Waals surface area contributed by atoms with Crippen LogP contribution in [0.4, 0.5) is 5.69 Å². The number of amides is 2. The number of carbonyl (C=O) groups excluding carboxylic acids is 2. The summed E-state index contributed by atoms with van der Waals surface area (Å²) in [7, 11) is 3.37. The standard InChI is InChI=1S/C21H21ClN4O2/c1-13-19(22)14(2)26(24-13)18-10-8-15(9-11-18)20(27)23-17-7-5-6-16(12-17)21(28)25(3)4/h5-12H,1-4H3,(H,23,27). The molecule has 0 radical (unpaired) electrons. The number of anilines is 1. The molecular weight excluding hydrogens is 376 g/mol. The highest BCUT2D eigenvalue weighted by molar-refractivity contribution is 6.31. The third kappa shape index (κ3) is 3.92. The molecule has 0 fully saturated rings. The van der Waals surface area contributed by atoms with Crippen molar-refractivity contribution in [1.29, 1.82) is 0 Å². The summed E-state index contributed by atoms with van der Waals surface area (Å²) in [4.78, 5) is 26.1. The molecule has 0 aliphatic carbocycles. The Morgan fingerprint density at radius 3 is 2.29 bits per heavy atom. The number of benzene rings is 2. The highest BCUT2D eigenvalue weighted by Crippen LogP contribution is 2.22. The molecule has 3 rings (SSSR count). The van der Waals surface area contributed by atoms with Crippen LogP contribution in [0.15, 0.2) is 48.5 Å². The van der Waals surface area contributed by atoms with Crippen molar-refractivity contribution >= 4 is 29.1 Å². The summed E-state index contributed by atoms with van der Waals surface area (Å²) in [5.41, 5.74) is 4.00. The Balaban J connectivity index is 1.78. The van der Waals surface area contributed by atoms with Gasteiger partial charge in [-0.2, -0.15) is 5.10 Å². The number of halogens is 1. The fraction of sp³-hybridized carbons (Fsp3) is 0.190. The van der Waals surface area contributed by atoms with E-state index in [1.165, 1.54) is 4.90 Å². The number of nitrogens with zero attached hydrogens (tertiary/aromatic N) is 3. The molecule has 0 bridgehead atoms. The maximum atomic E-state index is 12.6. The zero-order valence-corrected chi connectivity index (χ0v) is 16.9. The quantitative estimate of drug-likeness (QED) is 0.722. The van der Waals surface area contributed by atoms with Gasteiger partial charge in [0, 0.05) is 30.9 Å². The Labute approximate surface area is 168 Å². The van der Waals surface area contributed by atoms with E-state index in [9.17, 15) is 9.59 Å². The van der Waals surface area contributed by atoms with Crippen molar-refractivity contribution in [2.75, 3.05) is 19.4 Å². The summed E-state index contributed by atoms with van der Waals surface area (Å²) in [5, 5.41) is 7.87. The molecule has 2 aromatic carbocycles. The van der Waals surface area contributed by atoms with Gasteiger partial charge in [-0.05, 0) is 56.3 Å². The first kappa shape index (κ1) is 19.6. The summed E-state index contributed by atoms with van der Waals surface area (Å²) in [6.07, 6.45) is 0. The van der Waals surface area contributed by atoms with Crippen LogP contribution in [-0.4, -0.2) is 40.6 Å². The van der Waals surface area contributed by atoms with Crippen molar-refractivity contribution in [3.05, 3.63) is 76.1 Å². The summed E-state index contributed by atoms with van der Waals surface area (Å²) < 4.78 is 1.75. The fourth-order valence-corrected chi connectivity index (χ4v) is 2.94. The first-order valence-corrected chi connectivity index (χ1v) is 9.11. The zero-order valence-electron chi connectivity index (χ0n) is 16.2. The molecule has 144 valence electrons. The summed E-state index contributed by atoms with van der Waals surface area (Å²) in [6, 6.07) is 13.9. The normalized spacial score (nSPS) is 10.6. The lowest BCUT2D eigenvalue weighted by Crippen LogP contribution is -2.22. The minimum Gasteiger partial charge on any atom is -0.345 e. The molecule has 0 spiro atoms. The predicted molar refractivity (Wildman–Crippen MR) is 110 cm³/mol. The Kier molecular flexibility index (Phi) is 5.51. The van der Waals surface area contributed by atoms with Gasteiger partial charge in [0.1, 0.15) is 0 Å². The van der Waals surface area contributed by atoms with Gasteiger partial charge in [0.05, 0.1) is 22.1 Å². The number of aromatic nitrogens is 2. The van der Waals surface area contributed by atoms with Gasteiger partial charge in [0.25, 0.3) is 11.8 Å². The van der Waals surface area contributed by atoms with Crippen molar-refractivity contribution < 1.29 is 9.59 Å². The van der Waals surface area contributed by atoms with Gasteiger partial charge in [0.15, 0.2) is 0 Å². The van der Waals surface area contributed by atoms with Crippen LogP contribution in [0.1, 0.15) is 32.1 Å². The molecule has 0 atom stereocenters. The number of carbonyl (C=O) groups is 2. The van der Waals surface area contributed by atoms with E-state index in [0.29, 0.717) is 21.8 Å². The third-order valence-electron chi connectivity index (χ3n) is 4.35. The van der Waals surface area contributed by atoms with Crippen molar-refractivity contribution in [2.45, 2.75) is 13.8 Å². The van der Waals surface area contributed by atoms with Gasteiger partial charge in [-0.25, -0.2) is 4.68 Å². The molecule has 7 heteroatoms. The van der Waals surface area contributed by atoms with Gasteiger partial charge >= 0.3 is 0 Å². The lowest BCUT2D eigenvalue weighted by Gasteiger charge is -2.12. The highest BCUT2D eigenvalue weighted by Gasteiger charge is 2.13. The SMILES string of the molecule is Cc1nn(-c2ccc(C(=O)Nc3cccc(C(=O)N(C)C)c3)cc2)c(C)c1Cl. The lowest BCUT2D eigenvalue weighted by atomic mass is 10.1. The van der Waals surface area contributed by atoms with Gasteiger partial charge in [-0.15, -0.1) is 0 Å². The van der Waals surface area contributed by atoms with Crippen molar-refractivity contribution in [3.63, 3.8) is 0 Å². The summed E-state index contributed by atoms with van der Waals surface area (Å²) >= 11 is 6.20. The van der Waals surface area contributed by atoms with Crippen LogP contribution in [0.5, 0.6) is 0 Å². The maximum absolute atomic E-state index is 12.6. The van der Waals surface area contributed by atoms with Crippen LogP contribution in [0.2, 0.25) is 5.02 Å². The second kappa shape index (κ2) is 7.86. The molecule has 0 aliphatic rings. The van der Waals surface area contributed by atoms with Gasteiger partial charge < -0.3 is 10.2 Å². The van der Waals surface area contributed by atoms with Crippen LogP contribution >= 0.6 is 11.6 Å². The van der Waals surface area contributed by atoms with Crippen molar-refractivity contribution in [2.24, 2.45) is 0 Å². The second-order valence-electron chi connectivity index (χ2n) is 6.68. The van der Waals surface area contributed by atoms with Crippen LogP contribution in [-0.2, 0) is 0 Å². The average Bonchev–Trinajstić information content (AvgIpc) is 2.95. The van der Waals surface area contributed by atoms with Crippen molar-refractivity contribution in [1.82, 2.24) is 14.7 Å². The van der Waals surface area contributed by atoms with E-state index in [2.05, 4.69) is 10.4 Å². The Morgan fingerprint density at radius 2 is 1.71 bits per heavy atom. The lowest BCUT2D eigenvalue weighted by molar-refractivity contribution is 0.0827. The minimum absolute atomic E-state index is 0.121. The van der Waals surface area contributed by atoms with Crippen LogP contribution in [0.25, 0.3) is 5.69 Å². The minimum atomic E-state index is -0.257. The third-order valence-corrected chi connectivity index (χ3v) is 4.90. The molecule has 2 amide bonds. The average molecular weight is 397 g/mol. The van der Waals surface area contributed by atoms with E-state index in [-0.39, 0.29) is 11.8 Å². The molecule has 6 nitrogen and oxygen atoms in total. The molecule has 28 heavy (non-hydrogen) atoms. The number of hydrogen-bond acceptors (Lipinski definition) is 3. The largest absolute Gasteiger partial charge is 0.345 e. The van der Waals surface area contributed by atoms with Crippen LogP contribution in [0.3, 0.4) is 0 Å². The van der Waals surface area contributed by atoms with E-state index in [0.717, 1.165) is 17.1 Å². The van der Waals surface area contributed by atoms with E-state index in [4.69, 9.17) is 11.6 Å². The first-order chi connectivity index (χ1) is 13.3. The first-order valence-electron chi connectivity index (χ1n) is 8.73. The van der Waals surface area contributed by atoms with E-state index >= 15 is 0 Å². The Bertz CT molecular complexity index is 1040. The number of nitrogens with one attached hydrogen (secondary N) is 1. The highest BCUT2D eigenvalue weighted by atomic mass is 35.5. The Hall–Kier alpha value is -3.12. The molecule has 0 saturated heterocycles. The topological polar surface area (TPSA) is 67.2 Å². The molecule has 0 unspecified atom stereocenters. The predicted octanol–water partition coefficient (Wildman–Crippen LogP) is 4.10. The van der Waals surface area contributed by atoms with Crippen LogP contribution in [0, 0.1) is 13.8 Å². The molecule has 1 aromatic heterocycles. The van der Waals surface area contributed by atoms with Gasteiger partial charge in [-0.1, -0.05) is 17.7 Å². The monoisotopic (exact) mass is 396 g/mol. The summed E-state index contributed by atoms with van der Waals surface area (Å²) in [6.45, 7) is 3.74. The van der Waals surface area contributed by atoms with Crippen molar-refractivity contribution in [3.8, 4) is 5.69 Å². The number of rotatable bonds is 4. The fourth-order valence-electron chi connectivity index (χ4n) is 2.82. The van der Waals surface area contributed by atoms with E-state index in [1.54, 1.807) is 55.2 Å². The molecule has 1 heterocycles.